The topological polar surface area (TPSA) is 45.2 Å². The van der Waals surface area contributed by atoms with Crippen molar-refractivity contribution in [2.75, 3.05) is 7.05 Å². The number of aryl methyl sites for hydroxylation is 1. The Labute approximate surface area is 239 Å². The summed E-state index contributed by atoms with van der Waals surface area (Å²) in [7, 11) is 4.06. The van der Waals surface area contributed by atoms with E-state index in [0.29, 0.717) is 11.1 Å². The number of para-hydroxylation sites is 2. The number of aliphatic hydroxyl groups excluding tert-OH is 1. The summed E-state index contributed by atoms with van der Waals surface area (Å²) in [6.07, 6.45) is 2.69. The summed E-state index contributed by atoms with van der Waals surface area (Å²) in [5.74, 6) is -0.0718. The first-order valence-electron chi connectivity index (χ1n) is 14.0. The predicted octanol–water partition coefficient (Wildman–Crippen LogP) is 7.55. The summed E-state index contributed by atoms with van der Waals surface area (Å²) in [5, 5.41) is 12.6. The van der Waals surface area contributed by atoms with Crippen molar-refractivity contribution in [3.05, 3.63) is 143 Å². The summed E-state index contributed by atoms with van der Waals surface area (Å²) in [6, 6.07) is 37.0. The lowest BCUT2D eigenvalue weighted by Crippen LogP contribution is -2.35. The highest BCUT2D eigenvalue weighted by Crippen LogP contribution is 2.47. The summed E-state index contributed by atoms with van der Waals surface area (Å²) in [4.78, 5) is 14.0. The minimum absolute atomic E-state index is 0.0578. The third-order valence-electron chi connectivity index (χ3n) is 8.84. The van der Waals surface area contributed by atoms with Crippen molar-refractivity contribution in [3.8, 4) is 11.3 Å². The maximum Gasteiger partial charge on any atom is 0.209 e. The Kier molecular flexibility index (Phi) is 5.69. The van der Waals surface area contributed by atoms with E-state index < -0.39 is 0 Å². The van der Waals surface area contributed by atoms with E-state index in [1.54, 1.807) is 0 Å². The number of fused-ring (bicyclic) bond motifs is 2. The molecule has 1 N–H and O–H groups in total. The SMILES string of the molecule is Cn1c(-c2ccccc2)c(C2=C(O)C(=CC3=[N+](C)c4ccccc4C3(C)Cc3ccccc3)C2=O)c2ccccc21. The van der Waals surface area contributed by atoms with Crippen molar-refractivity contribution in [1.29, 1.82) is 0 Å². The van der Waals surface area contributed by atoms with Crippen LogP contribution in [0.1, 0.15) is 23.6 Å². The molecule has 1 aliphatic carbocycles. The molecule has 1 aliphatic heterocycles. The van der Waals surface area contributed by atoms with Crippen LogP contribution in [0.15, 0.2) is 127 Å². The van der Waals surface area contributed by atoms with Crippen LogP contribution in [-0.4, -0.2) is 32.8 Å². The maximum absolute atomic E-state index is 14.0. The Bertz CT molecular complexity index is 1960. The van der Waals surface area contributed by atoms with Crippen LogP contribution in [-0.2, 0) is 23.7 Å². The van der Waals surface area contributed by atoms with Crippen molar-refractivity contribution >= 4 is 33.7 Å². The highest BCUT2D eigenvalue weighted by molar-refractivity contribution is 6.42. The van der Waals surface area contributed by atoms with Crippen molar-refractivity contribution < 1.29 is 14.5 Å². The van der Waals surface area contributed by atoms with Gasteiger partial charge in [0.05, 0.1) is 22.3 Å². The number of carbonyl (C=O) groups is 1. The number of aliphatic hydroxyl groups is 1. The van der Waals surface area contributed by atoms with Gasteiger partial charge in [-0.05, 0) is 30.5 Å². The van der Waals surface area contributed by atoms with Crippen LogP contribution in [0.4, 0.5) is 5.69 Å². The van der Waals surface area contributed by atoms with Gasteiger partial charge in [0.15, 0.2) is 5.71 Å². The molecule has 0 saturated heterocycles. The number of ketones is 1. The Morgan fingerprint density at radius 1 is 0.854 bits per heavy atom. The van der Waals surface area contributed by atoms with Crippen LogP contribution in [0.25, 0.3) is 27.7 Å². The zero-order valence-corrected chi connectivity index (χ0v) is 23.4. The number of benzene rings is 4. The quantitative estimate of drug-likeness (QED) is 0.187. The van der Waals surface area contributed by atoms with Crippen LogP contribution in [0.2, 0.25) is 0 Å². The van der Waals surface area contributed by atoms with Crippen molar-refractivity contribution in [1.82, 2.24) is 4.57 Å². The van der Waals surface area contributed by atoms with Gasteiger partial charge >= 0.3 is 0 Å². The van der Waals surface area contributed by atoms with Crippen molar-refractivity contribution in [3.63, 3.8) is 0 Å². The number of rotatable bonds is 5. The van der Waals surface area contributed by atoms with Crippen LogP contribution in [0.5, 0.6) is 0 Å². The number of carbonyl (C=O) groups excluding carboxylic acids is 1. The lowest BCUT2D eigenvalue weighted by molar-refractivity contribution is -0.401. The van der Waals surface area contributed by atoms with Gasteiger partial charge in [-0.15, -0.1) is 0 Å². The Balaban J connectivity index is 1.40. The average Bonchev–Trinajstić information content (AvgIpc) is 3.40. The van der Waals surface area contributed by atoms with Gasteiger partial charge in [-0.3, -0.25) is 4.79 Å². The molecule has 200 valence electrons. The molecule has 1 unspecified atom stereocenters. The third-order valence-corrected chi connectivity index (χ3v) is 8.84. The molecule has 2 heterocycles. The van der Waals surface area contributed by atoms with Crippen molar-refractivity contribution in [2.45, 2.75) is 18.8 Å². The second-order valence-corrected chi connectivity index (χ2v) is 11.2. The van der Waals surface area contributed by atoms with Crippen LogP contribution < -0.4 is 0 Å². The van der Waals surface area contributed by atoms with Gasteiger partial charge in [0, 0.05) is 41.2 Å². The Morgan fingerprint density at radius 3 is 2.22 bits per heavy atom. The molecule has 0 saturated carbocycles. The number of aromatic nitrogens is 1. The smallest absolute Gasteiger partial charge is 0.209 e. The minimum Gasteiger partial charge on any atom is -0.506 e. The standard InChI is InChI=1S/C37H30N2O2/c1-37(23-24-14-6-4-7-15-24)28-19-11-13-21-30(28)38(2)31(37)22-27-35(40)33(36(27)41)32-26-18-10-12-20-29(26)39(3)34(32)25-16-8-5-9-17-25/h4-22H,23H2,1-3H3/p+1. The van der Waals surface area contributed by atoms with Gasteiger partial charge in [0.1, 0.15) is 12.8 Å². The van der Waals surface area contributed by atoms with Gasteiger partial charge < -0.3 is 9.67 Å². The molecular weight excluding hydrogens is 504 g/mol. The molecule has 7 rings (SSSR count). The zero-order chi connectivity index (χ0) is 28.3. The van der Waals surface area contributed by atoms with Gasteiger partial charge in [0.25, 0.3) is 0 Å². The highest BCUT2D eigenvalue weighted by atomic mass is 16.3. The monoisotopic (exact) mass is 535 g/mol. The third kappa shape index (κ3) is 3.67. The van der Waals surface area contributed by atoms with Gasteiger partial charge in [-0.1, -0.05) is 97.1 Å². The van der Waals surface area contributed by atoms with E-state index in [9.17, 15) is 9.90 Å². The molecule has 4 heteroatoms. The molecule has 1 atom stereocenters. The average molecular weight is 536 g/mol. The lowest BCUT2D eigenvalue weighted by atomic mass is 9.72. The summed E-state index contributed by atoms with van der Waals surface area (Å²) < 4.78 is 4.28. The molecule has 0 bridgehead atoms. The molecule has 4 aromatic carbocycles. The number of Topliss-reactive ketones (excluding diaryl/α,β-unsaturated/α-hetero) is 1. The van der Waals surface area contributed by atoms with E-state index in [0.717, 1.165) is 45.5 Å². The van der Waals surface area contributed by atoms with Crippen molar-refractivity contribution in [2.24, 2.45) is 7.05 Å². The molecule has 41 heavy (non-hydrogen) atoms. The fourth-order valence-corrected chi connectivity index (χ4v) is 6.82. The zero-order valence-electron chi connectivity index (χ0n) is 23.4. The largest absolute Gasteiger partial charge is 0.506 e. The summed E-state index contributed by atoms with van der Waals surface area (Å²) >= 11 is 0. The molecule has 0 radical (unpaired) electrons. The first-order valence-corrected chi connectivity index (χ1v) is 14.0. The molecule has 0 amide bonds. The maximum atomic E-state index is 14.0. The van der Waals surface area contributed by atoms with Gasteiger partial charge in [-0.2, -0.15) is 4.58 Å². The van der Waals surface area contributed by atoms with E-state index >= 15 is 0 Å². The second-order valence-electron chi connectivity index (χ2n) is 11.2. The Hall–Kier alpha value is -4.96. The molecule has 1 aromatic heterocycles. The number of hydrogen-bond acceptors (Lipinski definition) is 2. The molecule has 2 aliphatic rings. The van der Waals surface area contributed by atoms with Crippen LogP contribution >= 0.6 is 0 Å². The predicted molar refractivity (Wildman–Crippen MR) is 166 cm³/mol. The van der Waals surface area contributed by atoms with Gasteiger partial charge in [0.2, 0.25) is 11.5 Å². The first kappa shape index (κ1) is 25.0. The van der Waals surface area contributed by atoms with E-state index in [1.807, 2.05) is 80.8 Å². The van der Waals surface area contributed by atoms with Crippen LogP contribution in [0.3, 0.4) is 0 Å². The van der Waals surface area contributed by atoms with E-state index in [2.05, 4.69) is 64.6 Å². The second kappa shape index (κ2) is 9.31. The minimum atomic E-state index is -0.370. The van der Waals surface area contributed by atoms with Crippen LogP contribution in [0, 0.1) is 0 Å². The van der Waals surface area contributed by atoms with E-state index in [-0.39, 0.29) is 17.0 Å². The van der Waals surface area contributed by atoms with E-state index in [1.165, 1.54) is 11.1 Å². The number of allylic oxidation sites excluding steroid dienone is 3. The molecule has 0 spiro atoms. The molecule has 4 nitrogen and oxygen atoms in total. The fraction of sp³-hybridized carbons (Fsp3) is 0.135. The fourth-order valence-electron chi connectivity index (χ4n) is 6.82. The van der Waals surface area contributed by atoms with E-state index in [4.69, 9.17) is 0 Å². The first-order chi connectivity index (χ1) is 19.9. The number of nitrogens with zero attached hydrogens (tertiary/aromatic N) is 2. The normalized spacial score (nSPS) is 19.3. The number of hydrogen-bond donors (Lipinski definition) is 1. The molecule has 5 aromatic rings. The highest BCUT2D eigenvalue weighted by Gasteiger charge is 2.48. The van der Waals surface area contributed by atoms with Gasteiger partial charge in [-0.25, -0.2) is 0 Å². The molecular formula is C37H31N2O2+. The molecule has 0 fully saturated rings. The summed E-state index contributed by atoms with van der Waals surface area (Å²) in [6.45, 7) is 2.23. The lowest BCUT2D eigenvalue weighted by Gasteiger charge is -2.26. The summed E-state index contributed by atoms with van der Waals surface area (Å²) in [5.41, 5.74) is 8.66. The Morgan fingerprint density at radius 2 is 1.49 bits per heavy atom.